The van der Waals surface area contributed by atoms with E-state index in [-0.39, 0.29) is 0 Å². The molecule has 0 amide bonds. The Morgan fingerprint density at radius 1 is 1.22 bits per heavy atom. The van der Waals surface area contributed by atoms with Crippen LogP contribution < -0.4 is 10.6 Å². The van der Waals surface area contributed by atoms with Crippen LogP contribution in [0.4, 0.5) is 5.69 Å². The molecule has 2 heteroatoms. The molecule has 98 valence electrons. The summed E-state index contributed by atoms with van der Waals surface area (Å²) in [5.74, 6) is 1.31. The van der Waals surface area contributed by atoms with E-state index in [1.54, 1.807) is 0 Å². The van der Waals surface area contributed by atoms with Gasteiger partial charge in [0.05, 0.1) is 0 Å². The van der Waals surface area contributed by atoms with E-state index >= 15 is 0 Å². The van der Waals surface area contributed by atoms with Gasteiger partial charge in [0, 0.05) is 18.8 Å². The van der Waals surface area contributed by atoms with Crippen LogP contribution in [0.3, 0.4) is 0 Å². The summed E-state index contributed by atoms with van der Waals surface area (Å²) in [5.41, 5.74) is 9.30. The first-order valence-electron chi connectivity index (χ1n) is 7.20. The van der Waals surface area contributed by atoms with Gasteiger partial charge < -0.3 is 10.6 Å². The van der Waals surface area contributed by atoms with Crippen LogP contribution in [0.5, 0.6) is 0 Å². The predicted octanol–water partition coefficient (Wildman–Crippen LogP) is 2.99. The summed E-state index contributed by atoms with van der Waals surface area (Å²) < 4.78 is 0. The number of anilines is 1. The fourth-order valence-corrected chi connectivity index (χ4v) is 3.80. The molecule has 2 nitrogen and oxygen atoms in total. The SMILES string of the molecule is CC1(C)C(CN)C1c1ccccc1N1CCCC1. The summed E-state index contributed by atoms with van der Waals surface area (Å²) in [6, 6.07) is 8.96. The van der Waals surface area contributed by atoms with E-state index in [9.17, 15) is 0 Å². The Morgan fingerprint density at radius 2 is 1.89 bits per heavy atom. The van der Waals surface area contributed by atoms with Crippen molar-refractivity contribution in [2.75, 3.05) is 24.5 Å². The van der Waals surface area contributed by atoms with Crippen molar-refractivity contribution in [3.8, 4) is 0 Å². The fourth-order valence-electron chi connectivity index (χ4n) is 3.80. The van der Waals surface area contributed by atoms with Crippen molar-refractivity contribution in [3.05, 3.63) is 29.8 Å². The van der Waals surface area contributed by atoms with E-state index in [1.807, 2.05) is 0 Å². The van der Waals surface area contributed by atoms with Gasteiger partial charge in [-0.05, 0) is 48.3 Å². The minimum Gasteiger partial charge on any atom is -0.371 e. The number of nitrogens with zero attached hydrogens (tertiary/aromatic N) is 1. The average molecular weight is 244 g/mol. The lowest BCUT2D eigenvalue weighted by Crippen LogP contribution is -2.19. The van der Waals surface area contributed by atoms with E-state index in [4.69, 9.17) is 5.73 Å². The van der Waals surface area contributed by atoms with E-state index in [1.165, 1.54) is 37.2 Å². The summed E-state index contributed by atoms with van der Waals surface area (Å²) in [6.45, 7) is 7.97. The summed E-state index contributed by atoms with van der Waals surface area (Å²) in [6.07, 6.45) is 2.67. The molecule has 2 atom stereocenters. The van der Waals surface area contributed by atoms with Gasteiger partial charge in [0.1, 0.15) is 0 Å². The summed E-state index contributed by atoms with van der Waals surface area (Å²) >= 11 is 0. The van der Waals surface area contributed by atoms with Crippen LogP contribution in [-0.2, 0) is 0 Å². The molecule has 2 fully saturated rings. The van der Waals surface area contributed by atoms with Crippen LogP contribution in [0.2, 0.25) is 0 Å². The van der Waals surface area contributed by atoms with Crippen LogP contribution >= 0.6 is 0 Å². The number of benzene rings is 1. The highest BCUT2D eigenvalue weighted by Gasteiger charge is 2.57. The molecule has 1 aliphatic heterocycles. The Morgan fingerprint density at radius 3 is 2.50 bits per heavy atom. The van der Waals surface area contributed by atoms with Crippen LogP contribution in [0.25, 0.3) is 0 Å². The van der Waals surface area contributed by atoms with Crippen molar-refractivity contribution < 1.29 is 0 Å². The van der Waals surface area contributed by atoms with E-state index in [0.717, 1.165) is 6.54 Å². The Labute approximate surface area is 110 Å². The Balaban J connectivity index is 1.93. The first-order chi connectivity index (χ1) is 8.66. The van der Waals surface area contributed by atoms with Gasteiger partial charge in [-0.15, -0.1) is 0 Å². The van der Waals surface area contributed by atoms with Gasteiger partial charge in [0.15, 0.2) is 0 Å². The van der Waals surface area contributed by atoms with Crippen LogP contribution in [0.1, 0.15) is 38.2 Å². The molecule has 1 aliphatic carbocycles. The van der Waals surface area contributed by atoms with Gasteiger partial charge in [-0.2, -0.15) is 0 Å². The maximum atomic E-state index is 5.93. The molecule has 0 aromatic heterocycles. The molecule has 0 radical (unpaired) electrons. The van der Waals surface area contributed by atoms with E-state index < -0.39 is 0 Å². The Bertz CT molecular complexity index is 432. The molecule has 3 rings (SSSR count). The lowest BCUT2D eigenvalue weighted by atomic mass is 10.0. The second-order valence-electron chi connectivity index (χ2n) is 6.39. The minimum absolute atomic E-state index is 0.380. The van der Waals surface area contributed by atoms with Crippen LogP contribution in [0.15, 0.2) is 24.3 Å². The lowest BCUT2D eigenvalue weighted by Gasteiger charge is -2.22. The van der Waals surface area contributed by atoms with Gasteiger partial charge in [-0.1, -0.05) is 32.0 Å². The molecule has 18 heavy (non-hydrogen) atoms. The van der Waals surface area contributed by atoms with Crippen molar-refractivity contribution in [1.82, 2.24) is 0 Å². The maximum Gasteiger partial charge on any atom is 0.0401 e. The normalized spacial score (nSPS) is 29.6. The molecule has 1 aromatic carbocycles. The van der Waals surface area contributed by atoms with Crippen molar-refractivity contribution in [1.29, 1.82) is 0 Å². The zero-order valence-corrected chi connectivity index (χ0v) is 11.5. The number of rotatable bonds is 3. The monoisotopic (exact) mass is 244 g/mol. The minimum atomic E-state index is 0.380. The molecular formula is C16H24N2. The molecule has 0 spiro atoms. The molecule has 2 aliphatic rings. The molecule has 2 unspecified atom stereocenters. The van der Waals surface area contributed by atoms with Crippen LogP contribution in [0, 0.1) is 11.3 Å². The highest BCUT2D eigenvalue weighted by Crippen LogP contribution is 2.65. The number of para-hydroxylation sites is 1. The zero-order valence-electron chi connectivity index (χ0n) is 11.5. The smallest absolute Gasteiger partial charge is 0.0401 e. The molecule has 1 aromatic rings. The highest BCUT2D eigenvalue weighted by molar-refractivity contribution is 5.58. The highest BCUT2D eigenvalue weighted by atomic mass is 15.1. The standard InChI is InChI=1S/C16H24N2/c1-16(2)13(11-17)15(16)12-7-3-4-8-14(12)18-9-5-6-10-18/h3-4,7-8,13,15H,5-6,9-11,17H2,1-2H3. The first kappa shape index (κ1) is 12.0. The third kappa shape index (κ3) is 1.74. The maximum absolute atomic E-state index is 5.93. The van der Waals surface area contributed by atoms with Gasteiger partial charge in [0.2, 0.25) is 0 Å². The largest absolute Gasteiger partial charge is 0.371 e. The second-order valence-corrected chi connectivity index (χ2v) is 6.39. The summed E-state index contributed by atoms with van der Waals surface area (Å²) in [4.78, 5) is 2.55. The molecule has 0 bridgehead atoms. The Kier molecular flexibility index (Phi) is 2.86. The number of hydrogen-bond acceptors (Lipinski definition) is 2. The summed E-state index contributed by atoms with van der Waals surface area (Å²) in [7, 11) is 0. The van der Waals surface area contributed by atoms with Crippen molar-refractivity contribution >= 4 is 5.69 Å². The van der Waals surface area contributed by atoms with Crippen molar-refractivity contribution in [2.45, 2.75) is 32.6 Å². The van der Waals surface area contributed by atoms with Gasteiger partial charge in [-0.25, -0.2) is 0 Å². The summed E-state index contributed by atoms with van der Waals surface area (Å²) in [5, 5.41) is 0. The van der Waals surface area contributed by atoms with Crippen molar-refractivity contribution in [3.63, 3.8) is 0 Å². The van der Waals surface area contributed by atoms with E-state index in [2.05, 4.69) is 43.0 Å². The molecular weight excluding hydrogens is 220 g/mol. The van der Waals surface area contributed by atoms with E-state index in [0.29, 0.717) is 17.3 Å². The van der Waals surface area contributed by atoms with Gasteiger partial charge in [0.25, 0.3) is 0 Å². The van der Waals surface area contributed by atoms with Crippen LogP contribution in [-0.4, -0.2) is 19.6 Å². The number of hydrogen-bond donors (Lipinski definition) is 1. The quantitative estimate of drug-likeness (QED) is 0.885. The number of nitrogens with two attached hydrogens (primary N) is 1. The topological polar surface area (TPSA) is 29.3 Å². The molecule has 2 N–H and O–H groups in total. The zero-order chi connectivity index (χ0) is 12.8. The third-order valence-electron chi connectivity index (χ3n) is 5.02. The second kappa shape index (κ2) is 4.27. The van der Waals surface area contributed by atoms with Gasteiger partial charge >= 0.3 is 0 Å². The first-order valence-corrected chi connectivity index (χ1v) is 7.20. The average Bonchev–Trinajstić information content (AvgIpc) is 2.76. The van der Waals surface area contributed by atoms with Crippen molar-refractivity contribution in [2.24, 2.45) is 17.1 Å². The third-order valence-corrected chi connectivity index (χ3v) is 5.02. The molecule has 1 heterocycles. The molecule has 1 saturated heterocycles. The fraction of sp³-hybridized carbons (Fsp3) is 0.625. The Hall–Kier alpha value is -1.02. The molecule has 1 saturated carbocycles. The predicted molar refractivity (Wildman–Crippen MR) is 77.0 cm³/mol. The van der Waals surface area contributed by atoms with Gasteiger partial charge in [-0.3, -0.25) is 0 Å². The lowest BCUT2D eigenvalue weighted by molar-refractivity contribution is 0.558.